The van der Waals surface area contributed by atoms with E-state index in [0.717, 1.165) is 11.1 Å². The third-order valence-electron chi connectivity index (χ3n) is 5.00. The molecule has 0 aliphatic carbocycles. The molecule has 1 aromatic heterocycles. The Morgan fingerprint density at radius 2 is 1.44 bits per heavy atom. The summed E-state index contributed by atoms with van der Waals surface area (Å²) in [5.41, 5.74) is 1.68. The summed E-state index contributed by atoms with van der Waals surface area (Å²) < 4.78 is 48.9. The Hall–Kier alpha value is -3.70. The van der Waals surface area contributed by atoms with Crippen LogP contribution in [0.2, 0.25) is 0 Å². The summed E-state index contributed by atoms with van der Waals surface area (Å²) in [7, 11) is -3.82. The first kappa shape index (κ1) is 20.2. The van der Waals surface area contributed by atoms with Crippen LogP contribution in [-0.2, 0) is 23.1 Å². The maximum Gasteiger partial charge on any atom is 0.268 e. The smallest absolute Gasteiger partial charge is 0.268 e. The second kappa shape index (κ2) is 8.09. The molecule has 3 aromatic rings. The van der Waals surface area contributed by atoms with Gasteiger partial charge in [0.05, 0.1) is 0 Å². The van der Waals surface area contributed by atoms with Crippen LogP contribution < -0.4 is 29.0 Å². The molecule has 0 atom stereocenters. The van der Waals surface area contributed by atoms with Gasteiger partial charge in [-0.3, -0.25) is 4.79 Å². The molecule has 0 saturated heterocycles. The van der Waals surface area contributed by atoms with Gasteiger partial charge in [0.2, 0.25) is 23.6 Å². The van der Waals surface area contributed by atoms with Gasteiger partial charge in [-0.1, -0.05) is 12.1 Å². The van der Waals surface area contributed by atoms with E-state index >= 15 is 0 Å². The molecule has 0 unspecified atom stereocenters. The minimum absolute atomic E-state index is 0.0357. The van der Waals surface area contributed by atoms with E-state index in [1.165, 1.54) is 12.3 Å². The highest BCUT2D eigenvalue weighted by molar-refractivity contribution is 7.89. The zero-order chi connectivity index (χ0) is 22.1. The van der Waals surface area contributed by atoms with E-state index in [2.05, 4.69) is 15.0 Å². The highest BCUT2D eigenvalue weighted by Gasteiger charge is 2.20. The predicted molar refractivity (Wildman–Crippen MR) is 111 cm³/mol. The highest BCUT2D eigenvalue weighted by atomic mass is 32.2. The summed E-state index contributed by atoms with van der Waals surface area (Å²) >= 11 is 0. The summed E-state index contributed by atoms with van der Waals surface area (Å²) in [5.74, 6) is 2.05. The van der Waals surface area contributed by atoms with Crippen molar-refractivity contribution in [2.75, 3.05) is 13.6 Å². The van der Waals surface area contributed by atoms with Gasteiger partial charge in [-0.05, 0) is 41.5 Å². The van der Waals surface area contributed by atoms with E-state index in [1.807, 2.05) is 6.07 Å². The first-order chi connectivity index (χ1) is 15.5. The summed E-state index contributed by atoms with van der Waals surface area (Å²) in [6.07, 6.45) is 1.28. The first-order valence-electron chi connectivity index (χ1n) is 9.71. The topological polar surface area (TPSA) is 128 Å². The fourth-order valence-corrected chi connectivity index (χ4v) is 4.31. The molecule has 3 heterocycles. The number of aromatic amines is 1. The molecule has 3 N–H and O–H groups in total. The van der Waals surface area contributed by atoms with Crippen LogP contribution in [0.15, 0.2) is 53.6 Å². The lowest BCUT2D eigenvalue weighted by Crippen LogP contribution is -2.24. The van der Waals surface area contributed by atoms with Gasteiger partial charge in [0.1, 0.15) is 10.6 Å². The number of amides is 1. The lowest BCUT2D eigenvalue weighted by molar-refractivity contribution is 0.0946. The number of ether oxygens (including phenoxy) is 4. The molecule has 0 fully saturated rings. The molecule has 0 spiro atoms. The largest absolute Gasteiger partial charge is 0.454 e. The zero-order valence-corrected chi connectivity index (χ0v) is 17.5. The van der Waals surface area contributed by atoms with Gasteiger partial charge < -0.3 is 29.2 Å². The number of H-pyrrole nitrogens is 1. The quantitative estimate of drug-likeness (QED) is 0.494. The van der Waals surface area contributed by atoms with Gasteiger partial charge in [0, 0.05) is 19.3 Å². The summed E-state index contributed by atoms with van der Waals surface area (Å²) in [5, 5.41) is 2.75. The van der Waals surface area contributed by atoms with Gasteiger partial charge in [0.15, 0.2) is 23.0 Å². The fourth-order valence-electron chi connectivity index (χ4n) is 3.30. The Morgan fingerprint density at radius 3 is 2.09 bits per heavy atom. The van der Waals surface area contributed by atoms with Crippen molar-refractivity contribution in [2.24, 2.45) is 0 Å². The third-order valence-corrected chi connectivity index (χ3v) is 6.39. The third kappa shape index (κ3) is 4.07. The maximum absolute atomic E-state index is 12.6. The SMILES string of the molecule is O=C(NCc1ccc2c(c1)OCO2)c1cc(S(=O)(=O)NCc2ccc3c(c2)OCO3)c[nH]1. The summed E-state index contributed by atoms with van der Waals surface area (Å²) in [6.45, 7) is 0.635. The van der Waals surface area contributed by atoms with Crippen LogP contribution in [0.1, 0.15) is 21.6 Å². The number of sulfonamides is 1. The minimum atomic E-state index is -3.82. The van der Waals surface area contributed by atoms with Gasteiger partial charge in [0.25, 0.3) is 5.91 Å². The van der Waals surface area contributed by atoms with Crippen molar-refractivity contribution in [1.29, 1.82) is 0 Å². The molecule has 1 amide bonds. The van der Waals surface area contributed by atoms with E-state index in [0.29, 0.717) is 23.0 Å². The Labute approximate surface area is 183 Å². The Bertz CT molecular complexity index is 1290. The lowest BCUT2D eigenvalue weighted by Gasteiger charge is -2.06. The zero-order valence-electron chi connectivity index (χ0n) is 16.7. The standard InChI is InChI=1S/C21H19N3O7S/c25-21(23-8-13-1-3-17-19(5-13)30-11-28-17)16-7-15(10-22-16)32(26,27)24-9-14-2-4-18-20(6-14)31-12-29-18/h1-7,10,22,24H,8-9,11-12H2,(H,23,25). The molecular formula is C21H19N3O7S. The van der Waals surface area contributed by atoms with Crippen molar-refractivity contribution >= 4 is 15.9 Å². The minimum Gasteiger partial charge on any atom is -0.454 e. The van der Waals surface area contributed by atoms with Crippen LogP contribution >= 0.6 is 0 Å². The second-order valence-corrected chi connectivity index (χ2v) is 8.90. The number of fused-ring (bicyclic) bond motifs is 2. The number of benzene rings is 2. The molecule has 11 heteroatoms. The lowest BCUT2D eigenvalue weighted by atomic mass is 10.2. The van der Waals surface area contributed by atoms with Crippen LogP contribution in [0, 0.1) is 0 Å². The van der Waals surface area contributed by atoms with E-state index in [-0.39, 0.29) is 37.3 Å². The van der Waals surface area contributed by atoms with Crippen LogP contribution in [-0.4, -0.2) is 32.9 Å². The average Bonchev–Trinajstić information content (AvgIpc) is 3.55. The van der Waals surface area contributed by atoms with Gasteiger partial charge in [-0.15, -0.1) is 0 Å². The summed E-state index contributed by atoms with van der Waals surface area (Å²) in [6, 6.07) is 11.9. The van der Waals surface area contributed by atoms with Gasteiger partial charge in [-0.2, -0.15) is 0 Å². The van der Waals surface area contributed by atoms with Crippen molar-refractivity contribution in [2.45, 2.75) is 18.0 Å². The van der Waals surface area contributed by atoms with E-state index < -0.39 is 15.9 Å². The number of carbonyl (C=O) groups is 1. The second-order valence-electron chi connectivity index (χ2n) is 7.13. The molecular weight excluding hydrogens is 438 g/mol. The number of hydrogen-bond donors (Lipinski definition) is 3. The van der Waals surface area contributed by atoms with E-state index in [1.54, 1.807) is 30.3 Å². The number of aromatic nitrogens is 1. The van der Waals surface area contributed by atoms with Crippen molar-refractivity contribution in [3.8, 4) is 23.0 Å². The van der Waals surface area contributed by atoms with Crippen molar-refractivity contribution in [3.63, 3.8) is 0 Å². The normalized spacial score (nSPS) is 13.9. The molecule has 10 nitrogen and oxygen atoms in total. The fraction of sp³-hybridized carbons (Fsp3) is 0.190. The number of hydrogen-bond acceptors (Lipinski definition) is 7. The molecule has 32 heavy (non-hydrogen) atoms. The molecule has 166 valence electrons. The highest BCUT2D eigenvalue weighted by Crippen LogP contribution is 2.33. The average molecular weight is 457 g/mol. The van der Waals surface area contributed by atoms with Crippen LogP contribution in [0.25, 0.3) is 0 Å². The van der Waals surface area contributed by atoms with Crippen molar-refractivity contribution in [3.05, 3.63) is 65.5 Å². The van der Waals surface area contributed by atoms with E-state index in [9.17, 15) is 13.2 Å². The molecule has 2 aliphatic heterocycles. The van der Waals surface area contributed by atoms with Crippen LogP contribution in [0.3, 0.4) is 0 Å². The molecule has 5 rings (SSSR count). The molecule has 0 radical (unpaired) electrons. The number of nitrogens with one attached hydrogen (secondary N) is 3. The van der Waals surface area contributed by atoms with Crippen LogP contribution in [0.5, 0.6) is 23.0 Å². The Morgan fingerprint density at radius 1 is 0.844 bits per heavy atom. The number of carbonyl (C=O) groups excluding carboxylic acids is 1. The van der Waals surface area contributed by atoms with Crippen LogP contribution in [0.4, 0.5) is 0 Å². The maximum atomic E-state index is 12.6. The molecule has 0 bridgehead atoms. The number of rotatable bonds is 7. The molecule has 2 aliphatic rings. The molecule has 2 aromatic carbocycles. The Balaban J connectivity index is 1.20. The van der Waals surface area contributed by atoms with E-state index in [4.69, 9.17) is 18.9 Å². The molecule has 0 saturated carbocycles. The van der Waals surface area contributed by atoms with Crippen molar-refractivity contribution < 1.29 is 32.2 Å². The van der Waals surface area contributed by atoms with Gasteiger partial charge >= 0.3 is 0 Å². The van der Waals surface area contributed by atoms with Gasteiger partial charge in [-0.25, -0.2) is 13.1 Å². The summed E-state index contributed by atoms with van der Waals surface area (Å²) in [4.78, 5) is 15.1. The predicted octanol–water partition coefficient (Wildman–Crippen LogP) is 1.88. The monoisotopic (exact) mass is 457 g/mol. The first-order valence-corrected chi connectivity index (χ1v) is 11.2. The Kier molecular flexibility index (Phi) is 5.11. The van der Waals surface area contributed by atoms with Crippen molar-refractivity contribution in [1.82, 2.24) is 15.0 Å².